The second-order valence-electron chi connectivity index (χ2n) is 5.21. The van der Waals surface area contributed by atoms with Gasteiger partial charge in [0.05, 0.1) is 11.8 Å². The van der Waals surface area contributed by atoms with E-state index < -0.39 is 5.97 Å². The van der Waals surface area contributed by atoms with E-state index in [0.29, 0.717) is 34.5 Å². The van der Waals surface area contributed by atoms with Crippen LogP contribution >= 0.6 is 23.5 Å². The predicted molar refractivity (Wildman–Crippen MR) is 84.2 cm³/mol. The monoisotopic (exact) mass is 381 g/mol. The molecule has 2 aliphatic heterocycles. The number of carboxylic acids is 1. The maximum atomic E-state index is 11.7. The molecule has 12 nitrogen and oxygen atoms in total. The van der Waals surface area contributed by atoms with Crippen LogP contribution in [0.3, 0.4) is 0 Å². The molecule has 0 spiro atoms. The smallest absolute Gasteiger partial charge is 0.352 e. The lowest BCUT2D eigenvalue weighted by Gasteiger charge is -2.43. The molecule has 1 atom stereocenters. The van der Waals surface area contributed by atoms with E-state index >= 15 is 0 Å². The Kier molecular flexibility index (Phi) is 4.12. The highest BCUT2D eigenvalue weighted by Crippen LogP contribution is 2.40. The van der Waals surface area contributed by atoms with Crippen molar-refractivity contribution in [2.24, 2.45) is 0 Å². The molecule has 0 aromatic carbocycles. The Hall–Kier alpha value is -2.48. The largest absolute Gasteiger partial charge is 0.477 e. The lowest BCUT2D eigenvalue weighted by atomic mass is 10.1. The Labute approximate surface area is 148 Å². The number of fused-ring (bicyclic) bond motifs is 1. The van der Waals surface area contributed by atoms with Gasteiger partial charge in [-0.1, -0.05) is 17.0 Å². The molecule has 1 amide bonds. The van der Waals surface area contributed by atoms with Crippen LogP contribution in [0.1, 0.15) is 12.2 Å². The fourth-order valence-corrected chi connectivity index (χ4v) is 4.65. The van der Waals surface area contributed by atoms with Gasteiger partial charge in [0.25, 0.3) is 0 Å². The number of rotatable bonds is 6. The van der Waals surface area contributed by atoms with Gasteiger partial charge in [-0.3, -0.25) is 9.69 Å². The molecule has 0 bridgehead atoms. The van der Waals surface area contributed by atoms with Gasteiger partial charge < -0.3 is 5.11 Å². The summed E-state index contributed by atoms with van der Waals surface area (Å²) in [5.41, 5.74) is 0.771. The van der Waals surface area contributed by atoms with E-state index in [4.69, 9.17) is 0 Å². The number of aromatic amines is 1. The number of β-lactam (4-membered cyclic amide) rings is 1. The number of hydrogen-bond acceptors (Lipinski definition) is 10. The molecule has 2 aromatic rings. The van der Waals surface area contributed by atoms with Gasteiger partial charge in [0, 0.05) is 11.5 Å². The summed E-state index contributed by atoms with van der Waals surface area (Å²) in [5, 5.41) is 35.2. The third-order valence-corrected chi connectivity index (χ3v) is 5.81. The van der Waals surface area contributed by atoms with Crippen molar-refractivity contribution in [3.63, 3.8) is 0 Å². The minimum atomic E-state index is -1.08. The summed E-state index contributed by atoms with van der Waals surface area (Å²) in [6.07, 6.45) is 0.397. The molecular weight excluding hydrogens is 370 g/mol. The summed E-state index contributed by atoms with van der Waals surface area (Å²) in [6, 6.07) is 0. The SMILES string of the molecule is O=C(O)C1=C(CSc2nnn(Cc3nn[nH]n3)n2)CSC2CC(=O)N12. The molecule has 0 aliphatic carbocycles. The molecule has 0 radical (unpaired) electrons. The topological polar surface area (TPSA) is 156 Å². The van der Waals surface area contributed by atoms with Gasteiger partial charge in [0.1, 0.15) is 12.2 Å². The van der Waals surface area contributed by atoms with E-state index in [2.05, 4.69) is 36.0 Å². The fourth-order valence-electron chi connectivity index (χ4n) is 2.47. The highest BCUT2D eigenvalue weighted by molar-refractivity contribution is 8.00. The fraction of sp³-hybridized carbons (Fsp3) is 0.455. The number of amides is 1. The Morgan fingerprint density at radius 3 is 3.04 bits per heavy atom. The number of aliphatic carboxylic acids is 1. The summed E-state index contributed by atoms with van der Waals surface area (Å²) in [7, 11) is 0. The van der Waals surface area contributed by atoms with Crippen LogP contribution in [0.25, 0.3) is 0 Å². The maximum Gasteiger partial charge on any atom is 0.352 e. The molecule has 1 fully saturated rings. The summed E-state index contributed by atoms with van der Waals surface area (Å²) in [6.45, 7) is 0.229. The third-order valence-electron chi connectivity index (χ3n) is 3.62. The second-order valence-corrected chi connectivity index (χ2v) is 7.32. The van der Waals surface area contributed by atoms with Crippen LogP contribution < -0.4 is 0 Å². The van der Waals surface area contributed by atoms with Crippen LogP contribution in [-0.4, -0.2) is 79.6 Å². The standard InChI is InChI=1S/C11H11N9O3S2/c21-7-1-8-20(7)9(10(22)23)5(3-24-8)4-25-11-14-18-19(15-11)2-6-12-16-17-13-6/h8H,1-4H2,(H,22,23)(H,12,13,16,17). The van der Waals surface area contributed by atoms with Gasteiger partial charge in [-0.25, -0.2) is 4.79 Å². The highest BCUT2D eigenvalue weighted by atomic mass is 32.2. The number of carbonyl (C=O) groups is 2. The number of thioether (sulfide) groups is 2. The molecular formula is C11H11N9O3S2. The van der Waals surface area contributed by atoms with Gasteiger partial charge >= 0.3 is 5.97 Å². The minimum Gasteiger partial charge on any atom is -0.477 e. The van der Waals surface area contributed by atoms with E-state index in [-0.39, 0.29) is 23.5 Å². The van der Waals surface area contributed by atoms with Crippen molar-refractivity contribution in [1.82, 2.24) is 45.7 Å². The minimum absolute atomic E-state index is 0.0543. The molecule has 4 heterocycles. The van der Waals surface area contributed by atoms with E-state index in [0.717, 1.165) is 0 Å². The van der Waals surface area contributed by atoms with Crippen LogP contribution in [0.15, 0.2) is 16.4 Å². The molecule has 2 aliphatic rings. The number of hydrogen-bond donors (Lipinski definition) is 2. The number of nitrogens with one attached hydrogen (secondary N) is 1. The number of tetrazole rings is 2. The summed E-state index contributed by atoms with van der Waals surface area (Å²) in [4.78, 5) is 25.9. The van der Waals surface area contributed by atoms with Crippen LogP contribution in [0.2, 0.25) is 0 Å². The summed E-state index contributed by atoms with van der Waals surface area (Å²) in [5.74, 6) is 0.138. The molecule has 25 heavy (non-hydrogen) atoms. The number of nitrogens with zero attached hydrogens (tertiary/aromatic N) is 8. The van der Waals surface area contributed by atoms with E-state index in [9.17, 15) is 14.7 Å². The Bertz CT molecular complexity index is 849. The van der Waals surface area contributed by atoms with Gasteiger partial charge in [0.15, 0.2) is 5.82 Å². The van der Waals surface area contributed by atoms with Crippen LogP contribution in [0.4, 0.5) is 0 Å². The van der Waals surface area contributed by atoms with Crippen molar-refractivity contribution < 1.29 is 14.7 Å². The van der Waals surface area contributed by atoms with Crippen molar-refractivity contribution >= 4 is 35.4 Å². The molecule has 0 saturated carbocycles. The quantitative estimate of drug-likeness (QED) is 0.466. The van der Waals surface area contributed by atoms with Gasteiger partial charge in [-0.2, -0.15) is 10.0 Å². The van der Waals surface area contributed by atoms with E-state index in [1.165, 1.54) is 21.5 Å². The first-order valence-corrected chi connectivity index (χ1v) is 9.17. The average molecular weight is 381 g/mol. The normalized spacial score (nSPS) is 19.8. The first-order valence-electron chi connectivity index (χ1n) is 7.13. The molecule has 1 unspecified atom stereocenters. The van der Waals surface area contributed by atoms with Crippen molar-refractivity contribution in [1.29, 1.82) is 0 Å². The Morgan fingerprint density at radius 2 is 2.32 bits per heavy atom. The molecule has 2 aromatic heterocycles. The number of aromatic nitrogens is 8. The summed E-state index contributed by atoms with van der Waals surface area (Å²) < 4.78 is 0. The zero-order valence-electron chi connectivity index (χ0n) is 12.6. The third kappa shape index (κ3) is 3.09. The van der Waals surface area contributed by atoms with Crippen molar-refractivity contribution in [3.05, 3.63) is 17.1 Å². The summed E-state index contributed by atoms with van der Waals surface area (Å²) >= 11 is 2.84. The van der Waals surface area contributed by atoms with Crippen LogP contribution in [-0.2, 0) is 16.1 Å². The van der Waals surface area contributed by atoms with Crippen molar-refractivity contribution in [2.75, 3.05) is 11.5 Å². The van der Waals surface area contributed by atoms with E-state index in [1.54, 1.807) is 11.8 Å². The number of carboxylic acid groups (broad SMARTS) is 1. The van der Waals surface area contributed by atoms with E-state index in [1.807, 2.05) is 0 Å². The molecule has 14 heteroatoms. The molecule has 1 saturated heterocycles. The first-order chi connectivity index (χ1) is 12.1. The molecule has 4 rings (SSSR count). The van der Waals surface area contributed by atoms with Gasteiger partial charge in [-0.15, -0.1) is 32.2 Å². The van der Waals surface area contributed by atoms with Crippen molar-refractivity contribution in [3.8, 4) is 0 Å². The highest BCUT2D eigenvalue weighted by Gasteiger charge is 2.45. The van der Waals surface area contributed by atoms with Crippen LogP contribution in [0.5, 0.6) is 0 Å². The second kappa shape index (κ2) is 6.44. The predicted octanol–water partition coefficient (Wildman–Crippen LogP) is -1.03. The Balaban J connectivity index is 1.45. The maximum absolute atomic E-state index is 11.7. The first kappa shape index (κ1) is 16.0. The lowest BCUT2D eigenvalue weighted by Crippen LogP contribution is -2.54. The van der Waals surface area contributed by atoms with Gasteiger partial charge in [-0.05, 0) is 10.8 Å². The zero-order valence-corrected chi connectivity index (χ0v) is 14.2. The Morgan fingerprint density at radius 1 is 1.44 bits per heavy atom. The molecule has 130 valence electrons. The lowest BCUT2D eigenvalue weighted by molar-refractivity contribution is -0.146. The molecule has 2 N–H and O–H groups in total. The van der Waals surface area contributed by atoms with Crippen LogP contribution in [0, 0.1) is 0 Å². The van der Waals surface area contributed by atoms with Gasteiger partial charge in [0.2, 0.25) is 11.1 Å². The average Bonchev–Trinajstić information content (AvgIpc) is 3.24. The zero-order chi connectivity index (χ0) is 17.4. The number of carbonyl (C=O) groups excluding carboxylic acids is 1. The van der Waals surface area contributed by atoms with Crippen molar-refractivity contribution in [2.45, 2.75) is 23.5 Å². The number of H-pyrrole nitrogens is 1.